The molecule has 0 unspecified atom stereocenters. The van der Waals surface area contributed by atoms with Crippen LogP contribution >= 0.6 is 0 Å². The van der Waals surface area contributed by atoms with Gasteiger partial charge in [-0.15, -0.1) is 0 Å². The second kappa shape index (κ2) is 7.82. The van der Waals surface area contributed by atoms with Crippen LogP contribution in [0.15, 0.2) is 36.5 Å². The van der Waals surface area contributed by atoms with Crippen molar-refractivity contribution in [1.29, 1.82) is 0 Å². The van der Waals surface area contributed by atoms with Crippen molar-refractivity contribution in [3.63, 3.8) is 0 Å². The molecule has 2 aliphatic rings. The van der Waals surface area contributed by atoms with E-state index in [1.807, 2.05) is 28.8 Å². The Morgan fingerprint density at radius 2 is 2.04 bits per heavy atom. The van der Waals surface area contributed by atoms with Gasteiger partial charge in [-0.05, 0) is 18.9 Å². The molecule has 1 amide bonds. The summed E-state index contributed by atoms with van der Waals surface area (Å²) in [6, 6.07) is 11.1. The highest BCUT2D eigenvalue weighted by molar-refractivity contribution is 5.95. The number of morpholine rings is 1. The number of ether oxygens (including phenoxy) is 1. The second-order valence-corrected chi connectivity index (χ2v) is 7.50. The number of amides is 1. The van der Waals surface area contributed by atoms with Crippen LogP contribution < -0.4 is 0 Å². The lowest BCUT2D eigenvalue weighted by atomic mass is 10.00. The topological polar surface area (TPSA) is 50.6 Å². The van der Waals surface area contributed by atoms with Gasteiger partial charge < -0.3 is 9.64 Å². The van der Waals surface area contributed by atoms with Crippen LogP contribution in [0.1, 0.15) is 41.0 Å². The number of benzene rings is 1. The molecule has 0 aliphatic carbocycles. The lowest BCUT2D eigenvalue weighted by Crippen LogP contribution is -2.60. The van der Waals surface area contributed by atoms with E-state index in [9.17, 15) is 4.79 Å². The van der Waals surface area contributed by atoms with Crippen LogP contribution in [-0.4, -0.2) is 64.4 Å². The maximum absolute atomic E-state index is 13.1. The number of aromatic nitrogens is 2. The van der Waals surface area contributed by atoms with Crippen LogP contribution in [-0.2, 0) is 11.3 Å². The molecule has 144 valence electrons. The molecular formula is C21H28N4O2. The summed E-state index contributed by atoms with van der Waals surface area (Å²) in [6.45, 7) is 8.61. The maximum atomic E-state index is 13.1. The zero-order chi connectivity index (χ0) is 18.8. The fourth-order valence-electron chi connectivity index (χ4n) is 4.23. The number of fused-ring (bicyclic) bond motifs is 1. The summed E-state index contributed by atoms with van der Waals surface area (Å²) < 4.78 is 7.79. The van der Waals surface area contributed by atoms with Gasteiger partial charge in [-0.1, -0.05) is 37.3 Å². The van der Waals surface area contributed by atoms with E-state index in [0.717, 1.165) is 43.9 Å². The van der Waals surface area contributed by atoms with E-state index in [1.54, 1.807) is 0 Å². The quantitative estimate of drug-likeness (QED) is 0.832. The molecule has 3 heterocycles. The molecule has 0 spiro atoms. The molecule has 0 saturated carbocycles. The van der Waals surface area contributed by atoms with Gasteiger partial charge in [-0.25, -0.2) is 0 Å². The fourth-order valence-corrected chi connectivity index (χ4v) is 4.23. The minimum atomic E-state index is 0.0938. The van der Waals surface area contributed by atoms with Crippen molar-refractivity contribution >= 4 is 5.91 Å². The molecule has 0 bridgehead atoms. The first-order chi connectivity index (χ1) is 13.2. The highest BCUT2D eigenvalue weighted by Gasteiger charge is 2.38. The smallest absolute Gasteiger partial charge is 0.257 e. The van der Waals surface area contributed by atoms with Crippen LogP contribution in [0.2, 0.25) is 0 Å². The second-order valence-electron chi connectivity index (χ2n) is 7.50. The Bertz CT molecular complexity index is 789. The van der Waals surface area contributed by atoms with E-state index in [1.165, 1.54) is 5.56 Å². The third kappa shape index (κ3) is 3.64. The Labute approximate surface area is 160 Å². The van der Waals surface area contributed by atoms with E-state index >= 15 is 0 Å². The number of carbonyl (C=O) groups excluding carboxylic acids is 1. The Morgan fingerprint density at radius 1 is 1.22 bits per heavy atom. The third-order valence-electron chi connectivity index (χ3n) is 5.62. The normalized spacial score (nSPS) is 23.3. The van der Waals surface area contributed by atoms with E-state index < -0.39 is 0 Å². The van der Waals surface area contributed by atoms with E-state index in [0.29, 0.717) is 13.2 Å². The largest absolute Gasteiger partial charge is 0.378 e. The van der Waals surface area contributed by atoms with Crippen LogP contribution in [0.3, 0.4) is 0 Å². The van der Waals surface area contributed by atoms with Gasteiger partial charge in [0.05, 0.1) is 36.6 Å². The first kappa shape index (κ1) is 18.2. The van der Waals surface area contributed by atoms with Crippen molar-refractivity contribution in [3.8, 4) is 0 Å². The Hall–Kier alpha value is -2.18. The zero-order valence-corrected chi connectivity index (χ0v) is 16.2. The summed E-state index contributed by atoms with van der Waals surface area (Å²) >= 11 is 0. The van der Waals surface area contributed by atoms with Crippen molar-refractivity contribution in [3.05, 3.63) is 53.3 Å². The van der Waals surface area contributed by atoms with Crippen LogP contribution in [0.5, 0.6) is 0 Å². The van der Waals surface area contributed by atoms with Gasteiger partial charge in [0.25, 0.3) is 5.91 Å². The highest BCUT2D eigenvalue weighted by atomic mass is 16.5. The van der Waals surface area contributed by atoms with Gasteiger partial charge in [-0.2, -0.15) is 5.10 Å². The van der Waals surface area contributed by atoms with Crippen LogP contribution in [0.4, 0.5) is 0 Å². The average molecular weight is 368 g/mol. The van der Waals surface area contributed by atoms with Gasteiger partial charge in [0.2, 0.25) is 0 Å². The fraction of sp³-hybridized carbons (Fsp3) is 0.524. The van der Waals surface area contributed by atoms with Gasteiger partial charge in [0, 0.05) is 32.4 Å². The maximum Gasteiger partial charge on any atom is 0.257 e. The Kier molecular flexibility index (Phi) is 5.27. The van der Waals surface area contributed by atoms with Crippen molar-refractivity contribution in [2.75, 3.05) is 32.8 Å². The van der Waals surface area contributed by atoms with E-state index in [-0.39, 0.29) is 18.0 Å². The molecule has 1 aromatic carbocycles. The number of rotatable bonds is 4. The minimum absolute atomic E-state index is 0.0938. The SMILES string of the molecule is CCCn1cc(C(=O)N2CCN3[C@@H](COC[C@@H]3c3ccccc3)C2)c(C)n1. The lowest BCUT2D eigenvalue weighted by molar-refractivity contribution is -0.0770. The first-order valence-electron chi connectivity index (χ1n) is 9.89. The monoisotopic (exact) mass is 368 g/mol. The average Bonchev–Trinajstić information content (AvgIpc) is 3.07. The number of piperazine rings is 1. The highest BCUT2D eigenvalue weighted by Crippen LogP contribution is 2.30. The summed E-state index contributed by atoms with van der Waals surface area (Å²) in [7, 11) is 0. The zero-order valence-electron chi connectivity index (χ0n) is 16.2. The number of hydrogen-bond donors (Lipinski definition) is 0. The Morgan fingerprint density at radius 3 is 2.81 bits per heavy atom. The molecule has 6 heteroatoms. The summed E-state index contributed by atoms with van der Waals surface area (Å²) in [5, 5.41) is 4.48. The molecule has 2 aliphatic heterocycles. The molecule has 0 radical (unpaired) electrons. The predicted octanol–water partition coefficient (Wildman–Crippen LogP) is 2.50. The number of nitrogens with zero attached hydrogens (tertiary/aromatic N) is 4. The molecule has 2 saturated heterocycles. The van der Waals surface area contributed by atoms with Crippen molar-refractivity contribution in [1.82, 2.24) is 19.6 Å². The van der Waals surface area contributed by atoms with Gasteiger partial charge in [0.15, 0.2) is 0 Å². The summed E-state index contributed by atoms with van der Waals surface area (Å²) in [5.41, 5.74) is 2.84. The molecule has 1 aromatic heterocycles. The predicted molar refractivity (Wildman–Crippen MR) is 104 cm³/mol. The number of carbonyl (C=O) groups is 1. The van der Waals surface area contributed by atoms with Crippen LogP contribution in [0.25, 0.3) is 0 Å². The molecule has 2 fully saturated rings. The van der Waals surface area contributed by atoms with Gasteiger partial charge in [0.1, 0.15) is 0 Å². The Balaban J connectivity index is 1.47. The summed E-state index contributed by atoms with van der Waals surface area (Å²) in [4.78, 5) is 17.6. The van der Waals surface area contributed by atoms with Crippen molar-refractivity contribution < 1.29 is 9.53 Å². The summed E-state index contributed by atoms with van der Waals surface area (Å²) in [6.07, 6.45) is 2.91. The molecule has 27 heavy (non-hydrogen) atoms. The van der Waals surface area contributed by atoms with E-state index in [4.69, 9.17) is 4.74 Å². The molecule has 4 rings (SSSR count). The molecule has 0 N–H and O–H groups in total. The number of aryl methyl sites for hydroxylation is 2. The molecule has 2 aromatic rings. The van der Waals surface area contributed by atoms with Gasteiger partial charge >= 0.3 is 0 Å². The number of hydrogen-bond acceptors (Lipinski definition) is 4. The van der Waals surface area contributed by atoms with Gasteiger partial charge in [-0.3, -0.25) is 14.4 Å². The minimum Gasteiger partial charge on any atom is -0.378 e. The molecular weight excluding hydrogens is 340 g/mol. The first-order valence-corrected chi connectivity index (χ1v) is 9.89. The standard InChI is InChI=1S/C21H28N4O2/c1-3-9-24-13-19(16(2)22-24)21(26)23-10-11-25-18(12-23)14-27-15-20(25)17-7-5-4-6-8-17/h4-8,13,18,20H,3,9-12,14-15H2,1-2H3/t18-,20-/m1/s1. The van der Waals surface area contributed by atoms with Crippen molar-refractivity contribution in [2.24, 2.45) is 0 Å². The van der Waals surface area contributed by atoms with Crippen LogP contribution in [0, 0.1) is 6.92 Å². The molecule has 2 atom stereocenters. The third-order valence-corrected chi connectivity index (χ3v) is 5.62. The van der Waals surface area contributed by atoms with Crippen molar-refractivity contribution in [2.45, 2.75) is 38.9 Å². The summed E-state index contributed by atoms with van der Waals surface area (Å²) in [5.74, 6) is 0.0938. The van der Waals surface area contributed by atoms with E-state index in [2.05, 4.69) is 41.2 Å². The molecule has 6 nitrogen and oxygen atoms in total. The lowest BCUT2D eigenvalue weighted by Gasteiger charge is -2.48.